The third-order valence-corrected chi connectivity index (χ3v) is 10.9. The Labute approximate surface area is 267 Å². The van der Waals surface area contributed by atoms with Gasteiger partial charge in [-0.3, -0.25) is 0 Å². The molecule has 10 aromatic rings. The van der Waals surface area contributed by atoms with Crippen LogP contribution in [0, 0.1) is 0 Å². The van der Waals surface area contributed by atoms with Crippen molar-refractivity contribution in [2.24, 2.45) is 0 Å². The quantitative estimate of drug-likeness (QED) is 0.187. The lowest BCUT2D eigenvalue weighted by atomic mass is 9.91. The van der Waals surface area contributed by atoms with Crippen molar-refractivity contribution in [3.8, 4) is 39.5 Å². The molecule has 0 aliphatic carbocycles. The van der Waals surface area contributed by atoms with E-state index in [1.54, 1.807) is 0 Å². The van der Waals surface area contributed by atoms with E-state index in [1.165, 1.54) is 74.6 Å². The summed E-state index contributed by atoms with van der Waals surface area (Å²) in [5.74, 6) is 0.731. The van der Waals surface area contributed by atoms with Gasteiger partial charge in [0, 0.05) is 53.0 Å². The number of hydrogen-bond acceptors (Lipinski definition) is 3. The molecule has 0 spiro atoms. The largest absolute Gasteiger partial charge is 0.304 e. The van der Waals surface area contributed by atoms with Crippen molar-refractivity contribution in [3.63, 3.8) is 0 Å². The van der Waals surface area contributed by atoms with Gasteiger partial charge in [-0.05, 0) is 33.9 Å². The predicted molar refractivity (Wildman–Crippen MR) is 194 cm³/mol. The molecule has 3 nitrogen and oxygen atoms in total. The van der Waals surface area contributed by atoms with Crippen molar-refractivity contribution in [1.82, 2.24) is 14.5 Å². The Morgan fingerprint density at radius 3 is 2.07 bits per heavy atom. The number of aromatic nitrogens is 3. The Bertz CT molecular complexity index is 2910. The van der Waals surface area contributed by atoms with Gasteiger partial charge in [-0.1, -0.05) is 121 Å². The fourth-order valence-electron chi connectivity index (χ4n) is 7.87. The zero-order chi connectivity index (χ0) is 29.9. The molecular formula is C42H23N3S. The minimum Gasteiger partial charge on any atom is -0.304 e. The molecule has 0 radical (unpaired) electrons. The van der Waals surface area contributed by atoms with Crippen LogP contribution in [-0.4, -0.2) is 14.5 Å². The van der Waals surface area contributed by atoms with Crippen molar-refractivity contribution in [1.29, 1.82) is 0 Å². The average molecular weight is 602 g/mol. The maximum absolute atomic E-state index is 5.37. The number of thiophene rings is 1. The van der Waals surface area contributed by atoms with Crippen molar-refractivity contribution < 1.29 is 0 Å². The van der Waals surface area contributed by atoms with Gasteiger partial charge in [-0.2, -0.15) is 0 Å². The van der Waals surface area contributed by atoms with E-state index < -0.39 is 0 Å². The maximum atomic E-state index is 5.37. The van der Waals surface area contributed by atoms with E-state index in [-0.39, 0.29) is 0 Å². The topological polar surface area (TPSA) is 30.7 Å². The van der Waals surface area contributed by atoms with E-state index in [4.69, 9.17) is 9.97 Å². The normalized spacial score (nSPS) is 12.3. The molecule has 212 valence electrons. The van der Waals surface area contributed by atoms with Crippen LogP contribution in [0.15, 0.2) is 140 Å². The Balaban J connectivity index is 1.48. The molecule has 0 amide bonds. The van der Waals surface area contributed by atoms with E-state index in [9.17, 15) is 0 Å². The van der Waals surface area contributed by atoms with Crippen molar-refractivity contribution >= 4 is 74.9 Å². The highest BCUT2D eigenvalue weighted by Gasteiger charge is 2.30. The number of nitrogens with zero attached hydrogens (tertiary/aromatic N) is 3. The minimum absolute atomic E-state index is 0.731. The van der Waals surface area contributed by atoms with Crippen LogP contribution in [-0.2, 0) is 0 Å². The lowest BCUT2D eigenvalue weighted by Crippen LogP contribution is -2.01. The summed E-state index contributed by atoms with van der Waals surface area (Å²) in [7, 11) is 0. The van der Waals surface area contributed by atoms with Crippen LogP contribution in [0.25, 0.3) is 103 Å². The number of benzene rings is 7. The Morgan fingerprint density at radius 1 is 0.522 bits per heavy atom. The third kappa shape index (κ3) is 3.06. The van der Waals surface area contributed by atoms with E-state index in [0.717, 1.165) is 28.3 Å². The van der Waals surface area contributed by atoms with Crippen LogP contribution < -0.4 is 0 Å². The Morgan fingerprint density at radius 2 is 1.20 bits per heavy atom. The van der Waals surface area contributed by atoms with Crippen molar-refractivity contribution in [2.45, 2.75) is 0 Å². The first-order valence-electron chi connectivity index (χ1n) is 15.6. The summed E-state index contributed by atoms with van der Waals surface area (Å²) in [6.07, 6.45) is 2.06. The maximum Gasteiger partial charge on any atom is 0.159 e. The molecule has 0 fully saturated rings. The van der Waals surface area contributed by atoms with Gasteiger partial charge in [-0.25, -0.2) is 9.97 Å². The van der Waals surface area contributed by atoms with E-state index in [2.05, 4.69) is 126 Å². The van der Waals surface area contributed by atoms with Gasteiger partial charge in [0.15, 0.2) is 5.82 Å². The number of rotatable bonds is 1. The van der Waals surface area contributed by atoms with Gasteiger partial charge in [0.25, 0.3) is 0 Å². The standard InChI is InChI=1S/C42H23N3S/c1-2-12-24(13-3-1)42-43-23-33-38(44-42)29-18-8-6-16-27(29)32-22-25-14-4-5-15-26(25)35-36-28-17-7-9-19-30(28)41-37(40(36)45(33)39(32)35)31-20-10-11-21-34(31)46-41/h1-23H. The molecule has 1 aliphatic heterocycles. The summed E-state index contributed by atoms with van der Waals surface area (Å²) in [4.78, 5) is 10.4. The Kier molecular flexibility index (Phi) is 4.72. The minimum atomic E-state index is 0.731. The van der Waals surface area contributed by atoms with Gasteiger partial charge >= 0.3 is 0 Å². The molecule has 0 N–H and O–H groups in total. The van der Waals surface area contributed by atoms with Gasteiger partial charge in [0.2, 0.25) is 0 Å². The smallest absolute Gasteiger partial charge is 0.159 e. The monoisotopic (exact) mass is 601 g/mol. The molecule has 1 aliphatic rings. The highest BCUT2D eigenvalue weighted by Crippen LogP contribution is 2.53. The molecule has 4 heteroatoms. The molecule has 0 unspecified atom stereocenters. The van der Waals surface area contributed by atoms with Crippen LogP contribution in [0.1, 0.15) is 0 Å². The van der Waals surface area contributed by atoms with Crippen molar-refractivity contribution in [3.05, 3.63) is 140 Å². The third-order valence-electron chi connectivity index (χ3n) is 9.74. The fraction of sp³-hybridized carbons (Fsp3) is 0. The molecule has 46 heavy (non-hydrogen) atoms. The molecule has 0 saturated carbocycles. The highest BCUT2D eigenvalue weighted by molar-refractivity contribution is 7.27. The summed E-state index contributed by atoms with van der Waals surface area (Å²) >= 11 is 1.89. The van der Waals surface area contributed by atoms with Crippen LogP contribution in [0.4, 0.5) is 0 Å². The Hall–Kier alpha value is -5.84. The SMILES string of the molecule is c1ccc(-c2ncc3c(n2)-c2ccccc2-c2cc4ccccc4c4c5c6ccccc6c6sc7ccccc7c6c5n-3c24)cc1. The first-order chi connectivity index (χ1) is 22.8. The van der Waals surface area contributed by atoms with Gasteiger partial charge in [0.05, 0.1) is 28.6 Å². The molecular weight excluding hydrogens is 579 g/mol. The molecule has 11 rings (SSSR count). The molecule has 4 heterocycles. The van der Waals surface area contributed by atoms with Gasteiger partial charge < -0.3 is 4.57 Å². The second-order valence-corrected chi connectivity index (χ2v) is 13.2. The molecule has 0 saturated heterocycles. The lowest BCUT2D eigenvalue weighted by Gasteiger charge is -2.14. The van der Waals surface area contributed by atoms with Crippen LogP contribution in [0.3, 0.4) is 0 Å². The molecule has 3 aromatic heterocycles. The zero-order valence-electron chi connectivity index (χ0n) is 24.5. The number of fused-ring (bicyclic) bond motifs is 17. The second kappa shape index (κ2) is 8.87. The summed E-state index contributed by atoms with van der Waals surface area (Å²) in [6.45, 7) is 0. The van der Waals surface area contributed by atoms with E-state index in [1.807, 2.05) is 29.5 Å². The first kappa shape index (κ1) is 24.5. The van der Waals surface area contributed by atoms with Crippen LogP contribution in [0.5, 0.6) is 0 Å². The summed E-state index contributed by atoms with van der Waals surface area (Å²) < 4.78 is 5.12. The van der Waals surface area contributed by atoms with Crippen molar-refractivity contribution in [2.75, 3.05) is 0 Å². The number of hydrogen-bond donors (Lipinski definition) is 0. The lowest BCUT2D eigenvalue weighted by molar-refractivity contribution is 1.10. The summed E-state index contributed by atoms with van der Waals surface area (Å²) in [5, 5.41) is 10.2. The molecule has 7 aromatic carbocycles. The van der Waals surface area contributed by atoms with E-state index in [0.29, 0.717) is 0 Å². The van der Waals surface area contributed by atoms with E-state index >= 15 is 0 Å². The highest BCUT2D eigenvalue weighted by atomic mass is 32.1. The first-order valence-corrected chi connectivity index (χ1v) is 16.4. The van der Waals surface area contributed by atoms with Crippen LogP contribution >= 0.6 is 11.3 Å². The fourth-order valence-corrected chi connectivity index (χ4v) is 9.11. The second-order valence-electron chi connectivity index (χ2n) is 12.1. The average Bonchev–Trinajstić information content (AvgIpc) is 3.65. The molecule has 0 bridgehead atoms. The molecule has 0 atom stereocenters. The van der Waals surface area contributed by atoms with Crippen LogP contribution in [0.2, 0.25) is 0 Å². The zero-order valence-corrected chi connectivity index (χ0v) is 25.3. The van der Waals surface area contributed by atoms with Gasteiger partial charge in [-0.15, -0.1) is 11.3 Å². The predicted octanol–water partition coefficient (Wildman–Crippen LogP) is 11.6. The summed E-state index contributed by atoms with van der Waals surface area (Å²) in [6, 6.07) is 48.1. The van der Waals surface area contributed by atoms with Gasteiger partial charge in [0.1, 0.15) is 0 Å². The summed E-state index contributed by atoms with van der Waals surface area (Å²) in [5.41, 5.74) is 8.93.